The predicted octanol–water partition coefficient (Wildman–Crippen LogP) is 3.72. The number of nitro groups is 1. The van der Waals surface area contributed by atoms with E-state index in [0.717, 1.165) is 4.57 Å². The minimum atomic E-state index is -0.648. The summed E-state index contributed by atoms with van der Waals surface area (Å²) < 4.78 is 1.19. The van der Waals surface area contributed by atoms with Gasteiger partial charge in [-0.3, -0.25) is 4.79 Å². The van der Waals surface area contributed by atoms with Gasteiger partial charge >= 0.3 is 5.82 Å². The first-order valence-corrected chi connectivity index (χ1v) is 7.41. The average molecular weight is 391 g/mol. The van der Waals surface area contributed by atoms with Gasteiger partial charge in [-0.2, -0.15) is 0 Å². The molecule has 0 spiro atoms. The summed E-state index contributed by atoms with van der Waals surface area (Å²) in [6, 6.07) is 0. The largest absolute Gasteiger partial charge is 0.397 e. The highest BCUT2D eigenvalue weighted by Crippen LogP contribution is 2.27. The molecule has 0 aromatic carbocycles. The monoisotopic (exact) mass is 389 g/mol. The number of hydrogen-bond donors (Lipinski definition) is 0. The molecule has 6 nitrogen and oxygen atoms in total. The Balaban J connectivity index is 2.32. The van der Waals surface area contributed by atoms with Crippen LogP contribution < -0.4 is 0 Å². The van der Waals surface area contributed by atoms with Crippen molar-refractivity contribution >= 4 is 56.3 Å². The van der Waals surface area contributed by atoms with Gasteiger partial charge in [0.1, 0.15) is 0 Å². The number of nitrogens with zero attached hydrogens (tertiary/aromatic N) is 3. The summed E-state index contributed by atoms with van der Waals surface area (Å²) in [4.78, 5) is 26.9. The summed E-state index contributed by atoms with van der Waals surface area (Å²) in [5.41, 5.74) is 0.644. The summed E-state index contributed by atoms with van der Waals surface area (Å²) in [5.74, 6) is -0.513. The van der Waals surface area contributed by atoms with Crippen LogP contribution in [0.25, 0.3) is 0 Å². The van der Waals surface area contributed by atoms with E-state index >= 15 is 0 Å². The van der Waals surface area contributed by atoms with E-state index in [-0.39, 0.29) is 28.6 Å². The third-order valence-corrected chi connectivity index (χ3v) is 4.29. The highest BCUT2D eigenvalue weighted by Gasteiger charge is 2.28. The van der Waals surface area contributed by atoms with Crippen molar-refractivity contribution in [2.24, 2.45) is 0 Å². The van der Waals surface area contributed by atoms with Crippen LogP contribution >= 0.6 is 39.7 Å². The molecule has 0 N–H and O–H groups in total. The molecule has 1 aliphatic rings. The molecule has 0 aliphatic heterocycles. The van der Waals surface area contributed by atoms with E-state index in [4.69, 9.17) is 23.8 Å². The highest BCUT2D eigenvalue weighted by molar-refractivity contribution is 9.10. The van der Waals surface area contributed by atoms with Crippen molar-refractivity contribution in [3.63, 3.8) is 0 Å². The van der Waals surface area contributed by atoms with E-state index in [9.17, 15) is 14.9 Å². The number of thiocarbonyl (C=S) groups is 1. The summed E-state index contributed by atoms with van der Waals surface area (Å²) in [7, 11) is 0. The van der Waals surface area contributed by atoms with Crippen molar-refractivity contribution in [1.29, 1.82) is 0 Å². The van der Waals surface area contributed by atoms with Crippen LogP contribution in [0.3, 0.4) is 0 Å². The molecule has 1 aliphatic carbocycles. The Morgan fingerprint density at radius 3 is 2.90 bits per heavy atom. The van der Waals surface area contributed by atoms with Crippen LogP contribution in [0.1, 0.15) is 23.5 Å². The lowest BCUT2D eigenvalue weighted by atomic mass is 10.0. The Kier molecular flexibility index (Phi) is 4.70. The molecule has 0 amide bonds. The van der Waals surface area contributed by atoms with Crippen LogP contribution in [0.15, 0.2) is 27.4 Å². The number of carbonyl (C=O) groups is 1. The number of aromatic nitrogens is 2. The fourth-order valence-corrected chi connectivity index (χ4v) is 3.03. The standard InChI is InChI=1S/C12H9BrClN3O3S/c1-6-15-12(17(19)20)11(13)16(6)10(18)5-7-4-8(14)2-3-9(7)21/h2,4H,3,5H2,1H3. The van der Waals surface area contributed by atoms with Crippen molar-refractivity contribution in [1.82, 2.24) is 9.55 Å². The van der Waals surface area contributed by atoms with Crippen LogP contribution in [0.4, 0.5) is 5.82 Å². The van der Waals surface area contributed by atoms with Gasteiger partial charge < -0.3 is 10.1 Å². The fraction of sp³-hybridized carbons (Fsp3) is 0.250. The molecular weight excluding hydrogens is 382 g/mol. The number of allylic oxidation sites excluding steroid dienone is 4. The zero-order valence-corrected chi connectivity index (χ0v) is 14.0. The van der Waals surface area contributed by atoms with Gasteiger partial charge in [-0.1, -0.05) is 29.9 Å². The molecule has 0 fully saturated rings. The van der Waals surface area contributed by atoms with Crippen LogP contribution in [0.2, 0.25) is 0 Å². The Hall–Kier alpha value is -1.38. The van der Waals surface area contributed by atoms with Crippen LogP contribution in [-0.2, 0) is 0 Å². The molecule has 0 unspecified atom stereocenters. The van der Waals surface area contributed by atoms with Gasteiger partial charge in [-0.25, -0.2) is 4.57 Å². The van der Waals surface area contributed by atoms with Crippen LogP contribution in [-0.4, -0.2) is 25.2 Å². The maximum atomic E-state index is 12.4. The molecule has 1 aromatic rings. The lowest BCUT2D eigenvalue weighted by Gasteiger charge is -2.12. The van der Waals surface area contributed by atoms with E-state index < -0.39 is 4.92 Å². The van der Waals surface area contributed by atoms with E-state index in [1.54, 1.807) is 12.2 Å². The number of carbonyl (C=O) groups excluding carboxylic acids is 1. The predicted molar refractivity (Wildman–Crippen MR) is 85.8 cm³/mol. The first kappa shape index (κ1) is 16.0. The Bertz CT molecular complexity index is 724. The maximum absolute atomic E-state index is 12.4. The summed E-state index contributed by atoms with van der Waals surface area (Å²) in [6.07, 6.45) is 3.92. The lowest BCUT2D eigenvalue weighted by molar-refractivity contribution is -0.390. The molecule has 1 aromatic heterocycles. The average Bonchev–Trinajstić information content (AvgIpc) is 2.69. The van der Waals surface area contributed by atoms with Crippen molar-refractivity contribution in [2.75, 3.05) is 0 Å². The quantitative estimate of drug-likeness (QED) is 0.446. The topological polar surface area (TPSA) is 78.0 Å². The van der Waals surface area contributed by atoms with Gasteiger partial charge in [0, 0.05) is 23.2 Å². The van der Waals surface area contributed by atoms with E-state index in [0.29, 0.717) is 21.9 Å². The van der Waals surface area contributed by atoms with Crippen molar-refractivity contribution in [3.05, 3.63) is 43.3 Å². The minimum Gasteiger partial charge on any atom is -0.358 e. The van der Waals surface area contributed by atoms with Gasteiger partial charge in [-0.05, 0) is 37.5 Å². The normalized spacial score (nSPS) is 14.7. The molecule has 9 heteroatoms. The third kappa shape index (κ3) is 3.28. The minimum absolute atomic E-state index is 0.00977. The van der Waals surface area contributed by atoms with E-state index in [1.165, 1.54) is 6.92 Å². The second kappa shape index (κ2) is 6.17. The van der Waals surface area contributed by atoms with Gasteiger partial charge in [0.25, 0.3) is 0 Å². The maximum Gasteiger partial charge on any atom is 0.397 e. The molecular formula is C12H9BrClN3O3S. The number of rotatable bonds is 3. The zero-order chi connectivity index (χ0) is 15.7. The molecule has 110 valence electrons. The van der Waals surface area contributed by atoms with Crippen molar-refractivity contribution in [2.45, 2.75) is 19.8 Å². The summed E-state index contributed by atoms with van der Waals surface area (Å²) >= 11 is 14.1. The van der Waals surface area contributed by atoms with Crippen LogP contribution in [0, 0.1) is 17.0 Å². The number of hydrogen-bond acceptors (Lipinski definition) is 5. The lowest BCUT2D eigenvalue weighted by Crippen LogP contribution is -2.16. The number of imidazole rings is 1. The number of halogens is 2. The Morgan fingerprint density at radius 1 is 1.67 bits per heavy atom. The Morgan fingerprint density at radius 2 is 2.33 bits per heavy atom. The Labute approximate surface area is 138 Å². The molecule has 0 radical (unpaired) electrons. The second-order valence-corrected chi connectivity index (χ2v) is 6.00. The number of aryl methyl sites for hydroxylation is 1. The van der Waals surface area contributed by atoms with Gasteiger partial charge in [-0.15, -0.1) is 0 Å². The SMILES string of the molecule is Cc1nc([N+](=O)[O-])c(Br)n1C(=O)CC1=CC(Cl)=CCC1=S. The second-order valence-electron chi connectivity index (χ2n) is 4.32. The third-order valence-electron chi connectivity index (χ3n) is 2.89. The van der Waals surface area contributed by atoms with Crippen molar-refractivity contribution < 1.29 is 9.72 Å². The van der Waals surface area contributed by atoms with Gasteiger partial charge in [0.2, 0.25) is 11.7 Å². The van der Waals surface area contributed by atoms with Crippen molar-refractivity contribution in [3.8, 4) is 0 Å². The summed E-state index contributed by atoms with van der Waals surface area (Å²) in [6.45, 7) is 1.52. The molecule has 0 saturated carbocycles. The smallest absolute Gasteiger partial charge is 0.358 e. The first-order chi connectivity index (χ1) is 9.81. The van der Waals surface area contributed by atoms with Crippen LogP contribution in [0.5, 0.6) is 0 Å². The molecule has 0 atom stereocenters. The van der Waals surface area contributed by atoms with Gasteiger partial charge in [0.05, 0.1) is 6.42 Å². The molecule has 2 rings (SSSR count). The van der Waals surface area contributed by atoms with E-state index in [1.807, 2.05) is 0 Å². The highest BCUT2D eigenvalue weighted by atomic mass is 79.9. The molecule has 0 bridgehead atoms. The zero-order valence-electron chi connectivity index (χ0n) is 10.8. The molecule has 0 saturated heterocycles. The van der Waals surface area contributed by atoms with E-state index in [2.05, 4.69) is 20.9 Å². The van der Waals surface area contributed by atoms with Gasteiger partial charge in [0.15, 0.2) is 4.60 Å². The molecule has 1 heterocycles. The fourth-order valence-electron chi connectivity index (χ4n) is 1.92. The molecule has 21 heavy (non-hydrogen) atoms. The summed E-state index contributed by atoms with van der Waals surface area (Å²) in [5, 5.41) is 11.4. The first-order valence-electron chi connectivity index (χ1n) is 5.83.